The minimum absolute atomic E-state index is 0.235. The summed E-state index contributed by atoms with van der Waals surface area (Å²) in [7, 11) is 0. The van der Waals surface area contributed by atoms with E-state index in [1.54, 1.807) is 0 Å². The molecule has 1 aromatic heterocycles. The SMILES string of the molecule is C=C(Br)Cn1cccc(C(=O)O)c1=O. The highest BCUT2D eigenvalue weighted by atomic mass is 79.9. The van der Waals surface area contributed by atoms with Gasteiger partial charge in [0.2, 0.25) is 0 Å². The van der Waals surface area contributed by atoms with Crippen LogP contribution in [0.5, 0.6) is 0 Å². The number of pyridine rings is 1. The van der Waals surface area contributed by atoms with Gasteiger partial charge in [0.25, 0.3) is 5.56 Å². The van der Waals surface area contributed by atoms with E-state index < -0.39 is 11.5 Å². The summed E-state index contributed by atoms with van der Waals surface area (Å²) in [6.07, 6.45) is 1.52. The van der Waals surface area contributed by atoms with Crippen molar-refractivity contribution in [2.45, 2.75) is 6.54 Å². The molecule has 5 heteroatoms. The molecule has 0 aliphatic carbocycles. The van der Waals surface area contributed by atoms with E-state index in [1.807, 2.05) is 0 Å². The molecular weight excluding hydrogens is 250 g/mol. The molecule has 0 unspecified atom stereocenters. The highest BCUT2D eigenvalue weighted by molar-refractivity contribution is 9.11. The average Bonchev–Trinajstić information content (AvgIpc) is 2.07. The first kappa shape index (κ1) is 10.7. The smallest absolute Gasteiger partial charge is 0.341 e. The van der Waals surface area contributed by atoms with Crippen LogP contribution in [0.15, 0.2) is 34.2 Å². The van der Waals surface area contributed by atoms with Gasteiger partial charge in [-0.2, -0.15) is 0 Å². The Hall–Kier alpha value is -1.36. The second kappa shape index (κ2) is 4.23. The lowest BCUT2D eigenvalue weighted by Gasteiger charge is -2.04. The Morgan fingerprint density at radius 3 is 2.79 bits per heavy atom. The van der Waals surface area contributed by atoms with Gasteiger partial charge in [-0.3, -0.25) is 4.79 Å². The molecule has 0 atom stereocenters. The van der Waals surface area contributed by atoms with Crippen LogP contribution >= 0.6 is 15.9 Å². The number of hydrogen-bond acceptors (Lipinski definition) is 2. The molecule has 1 heterocycles. The minimum Gasteiger partial charge on any atom is -0.477 e. The van der Waals surface area contributed by atoms with Gasteiger partial charge < -0.3 is 9.67 Å². The van der Waals surface area contributed by atoms with E-state index in [0.29, 0.717) is 4.48 Å². The number of halogens is 1. The van der Waals surface area contributed by atoms with Crippen molar-refractivity contribution >= 4 is 21.9 Å². The maximum Gasteiger partial charge on any atom is 0.341 e. The summed E-state index contributed by atoms with van der Waals surface area (Å²) in [6.45, 7) is 3.84. The Morgan fingerprint density at radius 2 is 2.29 bits per heavy atom. The molecular formula is C9H8BrNO3. The first-order valence-corrected chi connectivity index (χ1v) is 4.57. The summed E-state index contributed by atoms with van der Waals surface area (Å²) >= 11 is 3.11. The predicted octanol–water partition coefficient (Wildman–Crippen LogP) is 1.46. The highest BCUT2D eigenvalue weighted by Gasteiger charge is 2.09. The van der Waals surface area contributed by atoms with Gasteiger partial charge in [-0.15, -0.1) is 0 Å². The second-order valence-electron chi connectivity index (χ2n) is 2.68. The summed E-state index contributed by atoms with van der Waals surface area (Å²) in [6, 6.07) is 2.79. The van der Waals surface area contributed by atoms with Crippen LogP contribution in [-0.4, -0.2) is 15.6 Å². The van der Waals surface area contributed by atoms with Gasteiger partial charge in [0.15, 0.2) is 0 Å². The Morgan fingerprint density at radius 1 is 1.64 bits per heavy atom. The Kier molecular flexibility index (Phi) is 3.24. The molecule has 74 valence electrons. The number of hydrogen-bond donors (Lipinski definition) is 1. The lowest BCUT2D eigenvalue weighted by molar-refractivity contribution is 0.0694. The molecule has 4 nitrogen and oxygen atoms in total. The quantitative estimate of drug-likeness (QED) is 0.892. The van der Waals surface area contributed by atoms with E-state index >= 15 is 0 Å². The summed E-state index contributed by atoms with van der Waals surface area (Å²) in [4.78, 5) is 22.1. The van der Waals surface area contributed by atoms with E-state index in [-0.39, 0.29) is 12.1 Å². The number of aromatic nitrogens is 1. The Balaban J connectivity index is 3.21. The fourth-order valence-corrected chi connectivity index (χ4v) is 1.28. The molecule has 0 spiro atoms. The molecule has 0 saturated heterocycles. The van der Waals surface area contributed by atoms with Crippen LogP contribution in [0.2, 0.25) is 0 Å². The number of rotatable bonds is 3. The molecule has 0 aromatic carbocycles. The summed E-state index contributed by atoms with van der Waals surface area (Å²) < 4.78 is 1.89. The molecule has 0 radical (unpaired) electrons. The zero-order chi connectivity index (χ0) is 10.7. The summed E-state index contributed by atoms with van der Waals surface area (Å²) in [5.41, 5.74) is -0.762. The van der Waals surface area contributed by atoms with Gasteiger partial charge in [-0.1, -0.05) is 22.5 Å². The molecule has 1 N–H and O–H groups in total. The minimum atomic E-state index is -1.22. The lowest BCUT2D eigenvalue weighted by Crippen LogP contribution is -2.25. The molecule has 14 heavy (non-hydrogen) atoms. The third-order valence-corrected chi connectivity index (χ3v) is 1.84. The van der Waals surface area contributed by atoms with Crippen molar-refractivity contribution in [3.05, 3.63) is 45.3 Å². The van der Waals surface area contributed by atoms with Crippen LogP contribution in [-0.2, 0) is 6.54 Å². The largest absolute Gasteiger partial charge is 0.477 e. The number of carbonyl (C=O) groups is 1. The molecule has 0 fully saturated rings. The maximum absolute atomic E-state index is 11.5. The van der Waals surface area contributed by atoms with Crippen LogP contribution in [0.3, 0.4) is 0 Å². The summed E-state index contributed by atoms with van der Waals surface area (Å²) in [5, 5.41) is 8.68. The first-order valence-electron chi connectivity index (χ1n) is 3.78. The van der Waals surface area contributed by atoms with Crippen molar-refractivity contribution in [1.29, 1.82) is 0 Å². The highest BCUT2D eigenvalue weighted by Crippen LogP contribution is 2.03. The van der Waals surface area contributed by atoms with E-state index in [2.05, 4.69) is 22.5 Å². The second-order valence-corrected chi connectivity index (χ2v) is 3.80. The van der Waals surface area contributed by atoms with E-state index in [1.165, 1.54) is 22.9 Å². The van der Waals surface area contributed by atoms with Crippen molar-refractivity contribution in [1.82, 2.24) is 4.57 Å². The van der Waals surface area contributed by atoms with E-state index in [0.717, 1.165) is 0 Å². The van der Waals surface area contributed by atoms with Gasteiger partial charge >= 0.3 is 5.97 Å². The molecule has 0 aliphatic rings. The van der Waals surface area contributed by atoms with Crippen molar-refractivity contribution in [3.8, 4) is 0 Å². The molecule has 0 bridgehead atoms. The molecule has 0 aliphatic heterocycles. The van der Waals surface area contributed by atoms with Crippen molar-refractivity contribution in [2.75, 3.05) is 0 Å². The number of nitrogens with zero attached hydrogens (tertiary/aromatic N) is 1. The van der Waals surface area contributed by atoms with Gasteiger partial charge in [0.05, 0.1) is 6.54 Å². The Labute approximate surface area is 88.6 Å². The van der Waals surface area contributed by atoms with Crippen molar-refractivity contribution in [3.63, 3.8) is 0 Å². The van der Waals surface area contributed by atoms with E-state index in [9.17, 15) is 9.59 Å². The average molecular weight is 258 g/mol. The fourth-order valence-electron chi connectivity index (χ4n) is 1.01. The zero-order valence-electron chi connectivity index (χ0n) is 7.24. The first-order chi connectivity index (χ1) is 6.52. The third kappa shape index (κ3) is 2.32. The number of carboxylic acids is 1. The normalized spacial score (nSPS) is 9.79. The van der Waals surface area contributed by atoms with Crippen molar-refractivity contribution < 1.29 is 9.90 Å². The lowest BCUT2D eigenvalue weighted by atomic mass is 10.3. The van der Waals surface area contributed by atoms with Gasteiger partial charge in [0.1, 0.15) is 5.56 Å². The van der Waals surface area contributed by atoms with Crippen LogP contribution in [0.1, 0.15) is 10.4 Å². The van der Waals surface area contributed by atoms with Crippen LogP contribution in [0.25, 0.3) is 0 Å². The van der Waals surface area contributed by atoms with Crippen LogP contribution in [0.4, 0.5) is 0 Å². The molecule has 0 saturated carbocycles. The standard InChI is InChI=1S/C9H8BrNO3/c1-6(10)5-11-4-2-3-7(8(11)12)9(13)14/h2-4H,1,5H2,(H,13,14). The molecule has 0 amide bonds. The van der Waals surface area contributed by atoms with Crippen LogP contribution in [0, 0.1) is 0 Å². The zero-order valence-corrected chi connectivity index (χ0v) is 8.82. The number of allylic oxidation sites excluding steroid dienone is 1. The Bertz CT molecular complexity index is 436. The maximum atomic E-state index is 11.5. The monoisotopic (exact) mass is 257 g/mol. The number of aromatic carboxylic acids is 1. The van der Waals surface area contributed by atoms with E-state index in [4.69, 9.17) is 5.11 Å². The van der Waals surface area contributed by atoms with Crippen LogP contribution < -0.4 is 5.56 Å². The molecule has 1 aromatic rings. The van der Waals surface area contributed by atoms with Gasteiger partial charge in [0, 0.05) is 10.7 Å². The number of carboxylic acid groups (broad SMARTS) is 1. The topological polar surface area (TPSA) is 59.3 Å². The molecule has 1 rings (SSSR count). The summed E-state index contributed by atoms with van der Waals surface area (Å²) in [5.74, 6) is -1.22. The van der Waals surface area contributed by atoms with Gasteiger partial charge in [-0.25, -0.2) is 4.79 Å². The van der Waals surface area contributed by atoms with Crippen molar-refractivity contribution in [2.24, 2.45) is 0 Å². The van der Waals surface area contributed by atoms with Gasteiger partial charge in [-0.05, 0) is 12.1 Å². The fraction of sp³-hybridized carbons (Fsp3) is 0.111. The predicted molar refractivity (Wildman–Crippen MR) is 55.7 cm³/mol. The third-order valence-electron chi connectivity index (χ3n) is 1.59.